The molecule has 2 heterocycles. The van der Waals surface area contributed by atoms with Crippen molar-refractivity contribution in [3.8, 4) is 6.01 Å². The number of hydrogen-bond donors (Lipinski definition) is 2. The smallest absolute Gasteiger partial charge is 0.316 e. The van der Waals surface area contributed by atoms with Gasteiger partial charge in [-0.15, -0.1) is 0 Å². The van der Waals surface area contributed by atoms with E-state index >= 15 is 0 Å². The van der Waals surface area contributed by atoms with Crippen LogP contribution in [-0.4, -0.2) is 90.9 Å². The van der Waals surface area contributed by atoms with Gasteiger partial charge in [0.1, 0.15) is 0 Å². The average Bonchev–Trinajstić information content (AvgIpc) is 2.74. The zero-order valence-electron chi connectivity index (χ0n) is 19.7. The molecule has 1 aromatic rings. The van der Waals surface area contributed by atoms with Gasteiger partial charge in [0.2, 0.25) is 5.91 Å². The van der Waals surface area contributed by atoms with Crippen molar-refractivity contribution in [1.29, 1.82) is 0 Å². The predicted molar refractivity (Wildman–Crippen MR) is 118 cm³/mol. The van der Waals surface area contributed by atoms with E-state index in [1.165, 1.54) is 0 Å². The van der Waals surface area contributed by atoms with E-state index in [-0.39, 0.29) is 56.5 Å². The van der Waals surface area contributed by atoms with Crippen molar-refractivity contribution in [2.75, 3.05) is 64.1 Å². The fourth-order valence-electron chi connectivity index (χ4n) is 2.56. The molecule has 11 heteroatoms. The molecule has 0 aliphatic carbocycles. The first-order chi connectivity index (χ1) is 14.7. The second-order valence-corrected chi connectivity index (χ2v) is 7.87. The van der Waals surface area contributed by atoms with Gasteiger partial charge in [0.15, 0.2) is 0 Å². The molecule has 1 aromatic heterocycles. The number of piperazine rings is 1. The van der Waals surface area contributed by atoms with Crippen molar-refractivity contribution in [3.05, 3.63) is 19.3 Å². The quantitative estimate of drug-likeness (QED) is 0.371. The Morgan fingerprint density at radius 1 is 1.16 bits per heavy atom. The summed E-state index contributed by atoms with van der Waals surface area (Å²) in [5.41, 5.74) is 0.603. The summed E-state index contributed by atoms with van der Waals surface area (Å²) >= 11 is 0. The maximum Gasteiger partial charge on any atom is 0.316 e. The minimum Gasteiger partial charge on any atom is -0.464 e. The number of aliphatic hydroxyl groups excluding tert-OH is 1. The molecule has 1 aliphatic heterocycles. The zero-order chi connectivity index (χ0) is 23.3. The molecule has 1 radical (unpaired) electrons. The normalized spacial score (nSPS) is 13.4. The molecule has 32 heavy (non-hydrogen) atoms. The van der Waals surface area contributed by atoms with Crippen LogP contribution >= 0.6 is 0 Å². The van der Waals surface area contributed by atoms with Crippen LogP contribution in [0.1, 0.15) is 27.7 Å². The van der Waals surface area contributed by atoms with Crippen molar-refractivity contribution in [2.45, 2.75) is 27.7 Å². The van der Waals surface area contributed by atoms with E-state index < -0.39 is 0 Å². The van der Waals surface area contributed by atoms with Gasteiger partial charge in [-0.2, -0.15) is 0 Å². The Morgan fingerprint density at radius 3 is 2.22 bits per heavy atom. The van der Waals surface area contributed by atoms with Gasteiger partial charge in [0.05, 0.1) is 50.4 Å². The van der Waals surface area contributed by atoms with Gasteiger partial charge in [-0.25, -0.2) is 9.97 Å². The summed E-state index contributed by atoms with van der Waals surface area (Å²) in [6, 6.07) is 0.396. The average molecular weight is 527 g/mol. The van der Waals surface area contributed by atoms with Crippen molar-refractivity contribution >= 4 is 17.5 Å². The molecule has 0 unspecified atom stereocenters. The van der Waals surface area contributed by atoms with Gasteiger partial charge in [-0.1, -0.05) is 20.8 Å². The van der Waals surface area contributed by atoms with E-state index in [2.05, 4.69) is 27.1 Å². The third-order valence-electron chi connectivity index (χ3n) is 4.33. The topological polar surface area (TPSA) is 117 Å². The van der Waals surface area contributed by atoms with E-state index in [4.69, 9.17) is 14.6 Å². The van der Waals surface area contributed by atoms with Crippen LogP contribution in [0.5, 0.6) is 6.01 Å². The van der Waals surface area contributed by atoms with Crippen LogP contribution in [-0.2, 0) is 47.0 Å². The number of aliphatic hydroxyl groups is 1. The molecular weight excluding hydrogens is 491 g/mol. The molecule has 2 rings (SSSR count). The van der Waals surface area contributed by atoms with Crippen molar-refractivity contribution in [1.82, 2.24) is 20.2 Å². The first-order valence-electron chi connectivity index (χ1n) is 10.5. The SMILES string of the molecule is CC(C)(C)C(=O)NCCOCCO.[CH2-]C(=O)N1CCN(c2cnc(OCC)nc2)CC1.[Y]. The Morgan fingerprint density at radius 2 is 1.75 bits per heavy atom. The third kappa shape index (κ3) is 11.9. The summed E-state index contributed by atoms with van der Waals surface area (Å²) in [7, 11) is 0. The largest absolute Gasteiger partial charge is 0.464 e. The second-order valence-electron chi connectivity index (χ2n) is 7.87. The first-order valence-corrected chi connectivity index (χ1v) is 10.5. The fourth-order valence-corrected chi connectivity index (χ4v) is 2.56. The van der Waals surface area contributed by atoms with Crippen molar-refractivity contribution in [3.63, 3.8) is 0 Å². The molecule has 1 saturated heterocycles. The van der Waals surface area contributed by atoms with Crippen LogP contribution in [0.15, 0.2) is 12.4 Å². The van der Waals surface area contributed by atoms with Crippen LogP contribution in [0.25, 0.3) is 0 Å². The molecule has 0 spiro atoms. The maximum atomic E-state index is 11.3. The number of nitrogens with zero attached hydrogens (tertiary/aromatic N) is 4. The minimum atomic E-state index is -0.350. The fraction of sp³-hybridized carbons (Fsp3) is 0.667. The molecule has 0 bridgehead atoms. The third-order valence-corrected chi connectivity index (χ3v) is 4.33. The van der Waals surface area contributed by atoms with Gasteiger partial charge in [-0.05, 0) is 6.92 Å². The van der Waals surface area contributed by atoms with Gasteiger partial charge >= 0.3 is 6.01 Å². The van der Waals surface area contributed by atoms with Gasteiger partial charge in [0, 0.05) is 70.8 Å². The van der Waals surface area contributed by atoms with E-state index in [0.717, 1.165) is 18.8 Å². The number of hydrogen-bond acceptors (Lipinski definition) is 8. The molecule has 0 atom stereocenters. The van der Waals surface area contributed by atoms with Crippen molar-refractivity contribution in [2.24, 2.45) is 5.41 Å². The molecule has 179 valence electrons. The molecule has 0 aromatic carbocycles. The summed E-state index contributed by atoms with van der Waals surface area (Å²) in [6.07, 6.45) is 3.50. The minimum absolute atomic E-state index is 0. The van der Waals surface area contributed by atoms with Crippen LogP contribution in [0.3, 0.4) is 0 Å². The van der Waals surface area contributed by atoms with Gasteiger partial charge in [-0.3, -0.25) is 4.79 Å². The van der Waals surface area contributed by atoms with Crippen molar-refractivity contribution < 1.29 is 56.9 Å². The number of carbonyl (C=O) groups excluding carboxylic acids is 2. The molecular formula is C21H36N5O5Y-. The van der Waals surface area contributed by atoms with Crippen LogP contribution in [0.2, 0.25) is 0 Å². The summed E-state index contributed by atoms with van der Waals surface area (Å²) in [5, 5.41) is 11.1. The number of ether oxygens (including phenoxy) is 2. The van der Waals surface area contributed by atoms with E-state index in [1.54, 1.807) is 17.3 Å². The Balaban J connectivity index is 0.000000617. The summed E-state index contributed by atoms with van der Waals surface area (Å²) < 4.78 is 10.2. The van der Waals surface area contributed by atoms with Gasteiger partial charge in [0.25, 0.3) is 0 Å². The summed E-state index contributed by atoms with van der Waals surface area (Å²) in [5.74, 6) is -0.0994. The number of amides is 2. The number of carbonyl (C=O) groups is 2. The monoisotopic (exact) mass is 527 g/mol. The Kier molecular flexibility index (Phi) is 15.4. The van der Waals surface area contributed by atoms with E-state index in [9.17, 15) is 9.59 Å². The van der Waals surface area contributed by atoms with Crippen LogP contribution < -0.4 is 15.0 Å². The molecule has 10 nitrogen and oxygen atoms in total. The molecule has 2 N–H and O–H groups in total. The Labute approximate surface area is 216 Å². The Hall–Kier alpha value is -1.49. The van der Waals surface area contributed by atoms with Crippen LogP contribution in [0.4, 0.5) is 5.69 Å². The van der Waals surface area contributed by atoms with E-state index in [1.807, 2.05) is 27.7 Å². The van der Waals surface area contributed by atoms with E-state index in [0.29, 0.717) is 45.5 Å². The number of rotatable bonds is 8. The standard InChI is InChI=1S/C12H17N4O2.C9H19NO3.Y/c1-3-18-12-13-8-11(9-14-12)16-6-4-15(5-7-16)10(2)17;1-9(2,3)8(12)10-4-6-13-7-5-11;/h8-9H,2-7H2,1H3;11H,4-7H2,1-3H3,(H,10,12);/q-1;;. The van der Waals surface area contributed by atoms with Gasteiger partial charge < -0.3 is 41.4 Å². The summed E-state index contributed by atoms with van der Waals surface area (Å²) in [4.78, 5) is 34.5. The molecule has 0 saturated carbocycles. The number of aromatic nitrogens is 2. The van der Waals surface area contributed by atoms with Crippen LogP contribution in [0, 0.1) is 12.3 Å². The molecule has 1 aliphatic rings. The second kappa shape index (κ2) is 16.2. The molecule has 1 fully saturated rings. The number of anilines is 1. The first kappa shape index (κ1) is 30.5. The number of nitrogens with one attached hydrogen (secondary N) is 1. The summed E-state index contributed by atoms with van der Waals surface area (Å²) in [6.45, 7) is 15.7. The zero-order valence-corrected chi connectivity index (χ0v) is 22.5. The molecule has 2 amide bonds. The predicted octanol–water partition coefficient (Wildman–Crippen LogP) is 0.513. The Bertz CT molecular complexity index is 662. The maximum absolute atomic E-state index is 11.3.